The Balaban J connectivity index is 2.65. The predicted molar refractivity (Wildman–Crippen MR) is 59.9 cm³/mol. The van der Waals surface area contributed by atoms with Gasteiger partial charge in [-0.1, -0.05) is 11.6 Å². The third kappa shape index (κ3) is 3.54. The molecule has 16 heavy (non-hydrogen) atoms. The molecule has 5 heteroatoms. The molecule has 1 rings (SSSR count). The van der Waals surface area contributed by atoms with Crippen molar-refractivity contribution in [3.8, 4) is 6.07 Å². The minimum absolute atomic E-state index is 0.360. The number of carbonyl (C=O) groups excluding carboxylic acids is 1. The summed E-state index contributed by atoms with van der Waals surface area (Å²) >= 11 is 5.69. The number of carbonyl (C=O) groups is 1. The van der Waals surface area contributed by atoms with Crippen LogP contribution in [0.4, 0.5) is 0 Å². The number of ether oxygens (including phenoxy) is 1. The average Bonchev–Trinajstić information content (AvgIpc) is 2.29. The second-order valence-electron chi connectivity index (χ2n) is 2.94. The molecular formula is C11H11ClN2O2. The number of nitrogens with one attached hydrogen (secondary N) is 1. The summed E-state index contributed by atoms with van der Waals surface area (Å²) in [7, 11) is 0. The van der Waals surface area contributed by atoms with Crippen molar-refractivity contribution >= 4 is 17.5 Å². The fourth-order valence-electron chi connectivity index (χ4n) is 1.08. The molecule has 0 saturated carbocycles. The van der Waals surface area contributed by atoms with Crippen molar-refractivity contribution in [3.05, 3.63) is 34.9 Å². The van der Waals surface area contributed by atoms with Gasteiger partial charge in [0.05, 0.1) is 0 Å². The van der Waals surface area contributed by atoms with Gasteiger partial charge in [0.25, 0.3) is 5.91 Å². The van der Waals surface area contributed by atoms with Gasteiger partial charge < -0.3 is 10.1 Å². The van der Waals surface area contributed by atoms with Gasteiger partial charge in [0.1, 0.15) is 6.07 Å². The zero-order chi connectivity index (χ0) is 12.0. The van der Waals surface area contributed by atoms with Crippen LogP contribution in [0.25, 0.3) is 0 Å². The molecule has 1 amide bonds. The van der Waals surface area contributed by atoms with E-state index in [0.29, 0.717) is 17.2 Å². The van der Waals surface area contributed by atoms with E-state index >= 15 is 0 Å². The van der Waals surface area contributed by atoms with Crippen molar-refractivity contribution in [2.45, 2.75) is 13.2 Å². The molecule has 0 bridgehead atoms. The van der Waals surface area contributed by atoms with Crippen LogP contribution in [-0.4, -0.2) is 18.7 Å². The van der Waals surface area contributed by atoms with Crippen molar-refractivity contribution in [1.29, 1.82) is 5.26 Å². The third-order valence-corrected chi connectivity index (χ3v) is 2.07. The highest BCUT2D eigenvalue weighted by Gasteiger charge is 2.12. The number of benzene rings is 1. The van der Waals surface area contributed by atoms with Crippen molar-refractivity contribution in [1.82, 2.24) is 5.32 Å². The predicted octanol–water partition coefficient (Wildman–Crippen LogP) is 1.96. The molecule has 0 radical (unpaired) electrons. The van der Waals surface area contributed by atoms with Crippen LogP contribution in [0.3, 0.4) is 0 Å². The third-order valence-electron chi connectivity index (χ3n) is 1.82. The number of amides is 1. The Labute approximate surface area is 98.8 Å². The second-order valence-corrected chi connectivity index (χ2v) is 3.38. The minimum Gasteiger partial charge on any atom is -0.346 e. The van der Waals surface area contributed by atoms with Gasteiger partial charge in [-0.3, -0.25) is 4.79 Å². The molecule has 0 aromatic heterocycles. The fourth-order valence-corrected chi connectivity index (χ4v) is 1.21. The molecule has 0 aliphatic carbocycles. The Morgan fingerprint density at radius 2 is 2.19 bits per heavy atom. The molecule has 0 aliphatic rings. The van der Waals surface area contributed by atoms with Gasteiger partial charge in [0.15, 0.2) is 0 Å². The number of nitriles is 1. The van der Waals surface area contributed by atoms with Gasteiger partial charge in [0.2, 0.25) is 6.23 Å². The summed E-state index contributed by atoms with van der Waals surface area (Å²) in [5, 5.41) is 11.7. The molecule has 1 atom stereocenters. The molecule has 0 aliphatic heterocycles. The second kappa shape index (κ2) is 6.11. The lowest BCUT2D eigenvalue weighted by atomic mass is 10.2. The van der Waals surface area contributed by atoms with Crippen molar-refractivity contribution in [3.63, 3.8) is 0 Å². The smallest absolute Gasteiger partial charge is 0.254 e. The molecule has 1 unspecified atom stereocenters. The van der Waals surface area contributed by atoms with E-state index < -0.39 is 6.23 Å². The van der Waals surface area contributed by atoms with E-state index in [2.05, 4.69) is 5.32 Å². The monoisotopic (exact) mass is 238 g/mol. The summed E-state index contributed by atoms with van der Waals surface area (Å²) in [6, 6.07) is 8.22. The Morgan fingerprint density at radius 1 is 1.56 bits per heavy atom. The summed E-state index contributed by atoms with van der Waals surface area (Å²) in [6.45, 7) is 2.11. The van der Waals surface area contributed by atoms with E-state index in [1.54, 1.807) is 31.2 Å². The van der Waals surface area contributed by atoms with Gasteiger partial charge >= 0.3 is 0 Å². The number of rotatable bonds is 4. The van der Waals surface area contributed by atoms with Gasteiger partial charge in [-0.15, -0.1) is 0 Å². The Kier molecular flexibility index (Phi) is 4.77. The maximum Gasteiger partial charge on any atom is 0.254 e. The first kappa shape index (κ1) is 12.5. The van der Waals surface area contributed by atoms with Crippen LogP contribution in [0, 0.1) is 11.3 Å². The summed E-state index contributed by atoms with van der Waals surface area (Å²) in [5.41, 5.74) is 0.435. The molecule has 0 heterocycles. The number of hydrogen-bond donors (Lipinski definition) is 1. The van der Waals surface area contributed by atoms with E-state index in [1.165, 1.54) is 0 Å². The maximum absolute atomic E-state index is 11.6. The Morgan fingerprint density at radius 3 is 2.69 bits per heavy atom. The first-order valence-electron chi connectivity index (χ1n) is 4.75. The highest BCUT2D eigenvalue weighted by Crippen LogP contribution is 2.09. The SMILES string of the molecule is CCOC(C#N)NC(=O)c1ccc(Cl)cc1. The van der Waals surface area contributed by atoms with Crippen LogP contribution in [0.5, 0.6) is 0 Å². The lowest BCUT2D eigenvalue weighted by Crippen LogP contribution is -2.35. The van der Waals surface area contributed by atoms with Gasteiger partial charge in [-0.2, -0.15) is 5.26 Å². The summed E-state index contributed by atoms with van der Waals surface area (Å²) in [4.78, 5) is 11.6. The van der Waals surface area contributed by atoms with Crippen molar-refractivity contribution < 1.29 is 9.53 Å². The standard InChI is InChI=1S/C11H11ClN2O2/c1-2-16-10(7-13)14-11(15)8-3-5-9(12)6-4-8/h3-6,10H,2H2,1H3,(H,14,15). The number of halogens is 1. The Hall–Kier alpha value is -1.57. The maximum atomic E-state index is 11.6. The van der Waals surface area contributed by atoms with Crippen LogP contribution in [0.15, 0.2) is 24.3 Å². The first-order valence-corrected chi connectivity index (χ1v) is 5.12. The minimum atomic E-state index is -0.923. The van der Waals surface area contributed by atoms with Crippen LogP contribution in [0.1, 0.15) is 17.3 Å². The molecule has 1 aromatic carbocycles. The summed E-state index contributed by atoms with van der Waals surface area (Å²) in [5.74, 6) is -0.364. The topological polar surface area (TPSA) is 62.1 Å². The first-order chi connectivity index (χ1) is 7.67. The quantitative estimate of drug-likeness (QED) is 0.816. The molecule has 1 aromatic rings. The average molecular weight is 239 g/mol. The Bertz CT molecular complexity index is 397. The lowest BCUT2D eigenvalue weighted by molar-refractivity contribution is 0.0615. The van der Waals surface area contributed by atoms with E-state index in [0.717, 1.165) is 0 Å². The van der Waals surface area contributed by atoms with Crippen LogP contribution >= 0.6 is 11.6 Å². The largest absolute Gasteiger partial charge is 0.346 e. The van der Waals surface area contributed by atoms with E-state index in [9.17, 15) is 4.79 Å². The molecule has 84 valence electrons. The number of nitrogens with zero attached hydrogens (tertiary/aromatic N) is 1. The normalized spacial score (nSPS) is 11.6. The molecule has 0 fully saturated rings. The molecule has 0 saturated heterocycles. The summed E-state index contributed by atoms with van der Waals surface area (Å²) < 4.78 is 4.99. The molecule has 4 nitrogen and oxygen atoms in total. The van der Waals surface area contributed by atoms with E-state index in [1.807, 2.05) is 6.07 Å². The molecule has 0 spiro atoms. The van der Waals surface area contributed by atoms with Crippen LogP contribution < -0.4 is 5.32 Å². The zero-order valence-corrected chi connectivity index (χ0v) is 9.49. The molecular weight excluding hydrogens is 228 g/mol. The summed E-state index contributed by atoms with van der Waals surface area (Å²) in [6.07, 6.45) is -0.923. The van der Waals surface area contributed by atoms with E-state index in [4.69, 9.17) is 21.6 Å². The van der Waals surface area contributed by atoms with Crippen LogP contribution in [0.2, 0.25) is 5.02 Å². The molecule has 1 N–H and O–H groups in total. The fraction of sp³-hybridized carbons (Fsp3) is 0.273. The van der Waals surface area contributed by atoms with Gasteiger partial charge in [-0.05, 0) is 31.2 Å². The number of hydrogen-bond acceptors (Lipinski definition) is 3. The van der Waals surface area contributed by atoms with Gasteiger partial charge in [0, 0.05) is 17.2 Å². The van der Waals surface area contributed by atoms with Crippen molar-refractivity contribution in [2.24, 2.45) is 0 Å². The highest BCUT2D eigenvalue weighted by molar-refractivity contribution is 6.30. The zero-order valence-electron chi connectivity index (χ0n) is 8.74. The van der Waals surface area contributed by atoms with Crippen LogP contribution in [-0.2, 0) is 4.74 Å². The highest BCUT2D eigenvalue weighted by atomic mass is 35.5. The van der Waals surface area contributed by atoms with Gasteiger partial charge in [-0.25, -0.2) is 0 Å². The van der Waals surface area contributed by atoms with Crippen molar-refractivity contribution in [2.75, 3.05) is 6.61 Å². The lowest BCUT2D eigenvalue weighted by Gasteiger charge is -2.11. The van der Waals surface area contributed by atoms with E-state index in [-0.39, 0.29) is 5.91 Å².